The number of piperidine rings is 1. The Morgan fingerprint density at radius 1 is 0.950 bits per heavy atom. The van der Waals surface area contributed by atoms with Crippen molar-refractivity contribution in [2.24, 2.45) is 0 Å². The summed E-state index contributed by atoms with van der Waals surface area (Å²) in [5, 5.41) is 2.40. The Kier molecular flexibility index (Phi) is 3.82. The van der Waals surface area contributed by atoms with Gasteiger partial charge in [-0.3, -0.25) is 4.79 Å². The maximum Gasteiger partial charge on any atom is 0.246 e. The SMILES string of the molecule is O=C(/C=C/c1cccc2ccccc12)N1CCCCC1. The van der Waals surface area contributed by atoms with Crippen molar-refractivity contribution >= 4 is 22.8 Å². The molecule has 0 bridgehead atoms. The van der Waals surface area contributed by atoms with Crippen molar-refractivity contribution in [3.05, 3.63) is 54.1 Å². The highest BCUT2D eigenvalue weighted by Gasteiger charge is 2.13. The van der Waals surface area contributed by atoms with Crippen LogP contribution in [-0.2, 0) is 4.79 Å². The molecule has 2 aromatic rings. The van der Waals surface area contributed by atoms with Gasteiger partial charge in [0.2, 0.25) is 5.91 Å². The first-order chi connectivity index (χ1) is 9.84. The number of hydrogen-bond acceptors (Lipinski definition) is 1. The number of benzene rings is 2. The van der Waals surface area contributed by atoms with Gasteiger partial charge in [-0.1, -0.05) is 42.5 Å². The third kappa shape index (κ3) is 2.74. The first-order valence-electron chi connectivity index (χ1n) is 7.29. The summed E-state index contributed by atoms with van der Waals surface area (Å²) in [7, 11) is 0. The second-order valence-corrected chi connectivity index (χ2v) is 5.29. The van der Waals surface area contributed by atoms with Gasteiger partial charge in [0.05, 0.1) is 0 Å². The van der Waals surface area contributed by atoms with Crippen LogP contribution in [0.5, 0.6) is 0 Å². The number of rotatable bonds is 2. The molecule has 0 radical (unpaired) electrons. The van der Waals surface area contributed by atoms with Crippen molar-refractivity contribution in [3.8, 4) is 0 Å². The Balaban J connectivity index is 1.81. The van der Waals surface area contributed by atoms with E-state index in [1.54, 1.807) is 6.08 Å². The van der Waals surface area contributed by atoms with Gasteiger partial charge in [0.25, 0.3) is 0 Å². The summed E-state index contributed by atoms with van der Waals surface area (Å²) in [5.74, 6) is 0.137. The van der Waals surface area contributed by atoms with E-state index in [1.807, 2.05) is 29.2 Å². The molecule has 2 aromatic carbocycles. The summed E-state index contributed by atoms with van der Waals surface area (Å²) < 4.78 is 0. The van der Waals surface area contributed by atoms with Crippen molar-refractivity contribution in [1.82, 2.24) is 4.90 Å². The average Bonchev–Trinajstić information content (AvgIpc) is 2.53. The standard InChI is InChI=1S/C18H19NO/c20-18(19-13-4-1-5-14-19)12-11-16-9-6-8-15-7-2-3-10-17(15)16/h2-3,6-12H,1,4-5,13-14H2/b12-11+. The molecule has 2 nitrogen and oxygen atoms in total. The van der Waals surface area contributed by atoms with E-state index in [9.17, 15) is 4.79 Å². The molecule has 1 amide bonds. The molecule has 0 saturated carbocycles. The van der Waals surface area contributed by atoms with E-state index >= 15 is 0 Å². The van der Waals surface area contributed by atoms with E-state index in [4.69, 9.17) is 0 Å². The molecule has 0 unspecified atom stereocenters. The molecule has 0 aromatic heterocycles. The van der Waals surface area contributed by atoms with Gasteiger partial charge in [-0.15, -0.1) is 0 Å². The van der Waals surface area contributed by atoms with E-state index in [0.29, 0.717) is 0 Å². The first kappa shape index (κ1) is 12.9. The number of amides is 1. The van der Waals surface area contributed by atoms with Crippen LogP contribution in [0.1, 0.15) is 24.8 Å². The van der Waals surface area contributed by atoms with Crippen LogP contribution < -0.4 is 0 Å². The minimum absolute atomic E-state index is 0.137. The van der Waals surface area contributed by atoms with E-state index in [1.165, 1.54) is 17.2 Å². The second-order valence-electron chi connectivity index (χ2n) is 5.29. The van der Waals surface area contributed by atoms with Gasteiger partial charge in [-0.2, -0.15) is 0 Å². The normalized spacial score (nSPS) is 15.9. The molecular formula is C18H19NO. The van der Waals surface area contributed by atoms with Gasteiger partial charge in [-0.25, -0.2) is 0 Å². The van der Waals surface area contributed by atoms with Crippen molar-refractivity contribution in [1.29, 1.82) is 0 Å². The van der Waals surface area contributed by atoms with Gasteiger partial charge >= 0.3 is 0 Å². The molecule has 20 heavy (non-hydrogen) atoms. The highest BCUT2D eigenvalue weighted by Crippen LogP contribution is 2.19. The summed E-state index contributed by atoms with van der Waals surface area (Å²) in [4.78, 5) is 14.1. The predicted octanol–water partition coefficient (Wildman–Crippen LogP) is 3.87. The van der Waals surface area contributed by atoms with Crippen LogP contribution in [0.4, 0.5) is 0 Å². The zero-order valence-electron chi connectivity index (χ0n) is 11.6. The van der Waals surface area contributed by atoms with Crippen LogP contribution in [0.3, 0.4) is 0 Å². The largest absolute Gasteiger partial charge is 0.339 e. The molecule has 0 spiro atoms. The van der Waals surface area contributed by atoms with Gasteiger partial charge in [0, 0.05) is 19.2 Å². The van der Waals surface area contributed by atoms with Crippen molar-refractivity contribution < 1.29 is 4.79 Å². The maximum absolute atomic E-state index is 12.1. The number of carbonyl (C=O) groups excluding carboxylic acids is 1. The van der Waals surface area contributed by atoms with Crippen LogP contribution in [0.2, 0.25) is 0 Å². The Morgan fingerprint density at radius 2 is 1.70 bits per heavy atom. The Labute approximate surface area is 119 Å². The fourth-order valence-corrected chi connectivity index (χ4v) is 2.78. The molecule has 2 heteroatoms. The van der Waals surface area contributed by atoms with Crippen molar-refractivity contribution in [3.63, 3.8) is 0 Å². The quantitative estimate of drug-likeness (QED) is 0.755. The lowest BCUT2D eigenvalue weighted by Gasteiger charge is -2.25. The molecule has 0 aliphatic carbocycles. The smallest absolute Gasteiger partial charge is 0.246 e. The van der Waals surface area contributed by atoms with Crippen LogP contribution >= 0.6 is 0 Å². The fourth-order valence-electron chi connectivity index (χ4n) is 2.78. The van der Waals surface area contributed by atoms with E-state index in [-0.39, 0.29) is 5.91 Å². The molecular weight excluding hydrogens is 246 g/mol. The zero-order chi connectivity index (χ0) is 13.8. The topological polar surface area (TPSA) is 20.3 Å². The van der Waals surface area contributed by atoms with E-state index in [0.717, 1.165) is 31.5 Å². The summed E-state index contributed by atoms with van der Waals surface area (Å²) >= 11 is 0. The summed E-state index contributed by atoms with van der Waals surface area (Å²) in [6.45, 7) is 1.80. The molecule has 1 saturated heterocycles. The lowest BCUT2D eigenvalue weighted by molar-refractivity contribution is -0.126. The van der Waals surface area contributed by atoms with E-state index in [2.05, 4.69) is 24.3 Å². The molecule has 0 atom stereocenters. The molecule has 1 aliphatic rings. The van der Waals surface area contributed by atoms with Crippen LogP contribution in [0.25, 0.3) is 16.8 Å². The van der Waals surface area contributed by atoms with Crippen LogP contribution in [0.15, 0.2) is 48.5 Å². The third-order valence-electron chi connectivity index (χ3n) is 3.90. The maximum atomic E-state index is 12.1. The predicted molar refractivity (Wildman–Crippen MR) is 83.4 cm³/mol. The van der Waals surface area contributed by atoms with Crippen LogP contribution in [0, 0.1) is 0 Å². The minimum atomic E-state index is 0.137. The van der Waals surface area contributed by atoms with Gasteiger partial charge in [0.15, 0.2) is 0 Å². The molecule has 1 heterocycles. The summed E-state index contributed by atoms with van der Waals surface area (Å²) in [6.07, 6.45) is 7.17. The van der Waals surface area contributed by atoms with E-state index < -0.39 is 0 Å². The number of hydrogen-bond donors (Lipinski definition) is 0. The highest BCUT2D eigenvalue weighted by atomic mass is 16.2. The summed E-state index contributed by atoms with van der Waals surface area (Å²) in [6, 6.07) is 14.5. The van der Waals surface area contributed by atoms with Crippen molar-refractivity contribution in [2.75, 3.05) is 13.1 Å². The molecule has 102 valence electrons. The average molecular weight is 265 g/mol. The summed E-state index contributed by atoms with van der Waals surface area (Å²) in [5.41, 5.74) is 1.11. The molecule has 1 fully saturated rings. The second kappa shape index (κ2) is 5.91. The van der Waals surface area contributed by atoms with Gasteiger partial charge in [0.1, 0.15) is 0 Å². The van der Waals surface area contributed by atoms with Gasteiger partial charge in [-0.05, 0) is 41.7 Å². The zero-order valence-corrected chi connectivity index (χ0v) is 11.6. The molecule has 3 rings (SSSR count). The number of likely N-dealkylation sites (tertiary alicyclic amines) is 1. The lowest BCUT2D eigenvalue weighted by atomic mass is 10.0. The lowest BCUT2D eigenvalue weighted by Crippen LogP contribution is -2.34. The first-order valence-corrected chi connectivity index (χ1v) is 7.29. The number of nitrogens with zero attached hydrogens (tertiary/aromatic N) is 1. The Hall–Kier alpha value is -2.09. The Bertz CT molecular complexity index is 633. The highest BCUT2D eigenvalue weighted by molar-refractivity contribution is 5.96. The Morgan fingerprint density at radius 3 is 2.55 bits per heavy atom. The van der Waals surface area contributed by atoms with Crippen molar-refractivity contribution in [2.45, 2.75) is 19.3 Å². The number of fused-ring (bicyclic) bond motifs is 1. The minimum Gasteiger partial charge on any atom is -0.339 e. The van der Waals surface area contributed by atoms with Gasteiger partial charge < -0.3 is 4.90 Å². The molecule has 1 aliphatic heterocycles. The molecule has 0 N–H and O–H groups in total. The number of carbonyl (C=O) groups is 1. The monoisotopic (exact) mass is 265 g/mol. The fraction of sp³-hybridized carbons (Fsp3) is 0.278. The van der Waals surface area contributed by atoms with Crippen LogP contribution in [-0.4, -0.2) is 23.9 Å². The third-order valence-corrected chi connectivity index (χ3v) is 3.90.